The van der Waals surface area contributed by atoms with Gasteiger partial charge in [0.25, 0.3) is 0 Å². The fourth-order valence-corrected chi connectivity index (χ4v) is 6.80. The van der Waals surface area contributed by atoms with Gasteiger partial charge in [-0.3, -0.25) is 0 Å². The van der Waals surface area contributed by atoms with E-state index in [1.807, 2.05) is 36.4 Å². The van der Waals surface area contributed by atoms with E-state index in [-0.39, 0.29) is 23.6 Å². The molecule has 0 saturated carbocycles. The number of hydrogen-bond donors (Lipinski definition) is 1. The molecule has 2 aromatic carbocycles. The zero-order valence-electron chi connectivity index (χ0n) is 15.0. The lowest BCUT2D eigenvalue weighted by Crippen LogP contribution is -2.43. The van der Waals surface area contributed by atoms with Crippen molar-refractivity contribution in [2.45, 2.75) is 42.7 Å². The van der Waals surface area contributed by atoms with Crippen molar-refractivity contribution in [3.63, 3.8) is 0 Å². The van der Waals surface area contributed by atoms with Gasteiger partial charge in [0.15, 0.2) is 0 Å². The minimum absolute atomic E-state index is 0.0253. The Morgan fingerprint density at radius 1 is 1.11 bits per heavy atom. The molecular weight excluding hydrogens is 360 g/mol. The number of benzene rings is 2. The van der Waals surface area contributed by atoms with E-state index in [1.165, 1.54) is 24.3 Å². The number of rotatable bonds is 5. The van der Waals surface area contributed by atoms with Crippen LogP contribution < -0.4 is 0 Å². The van der Waals surface area contributed by atoms with Crippen LogP contribution in [0.15, 0.2) is 59.5 Å². The number of sulfonamides is 1. The molecule has 2 fully saturated rings. The molecule has 0 radical (unpaired) electrons. The Bertz CT molecular complexity index is 967. The molecule has 2 aliphatic heterocycles. The summed E-state index contributed by atoms with van der Waals surface area (Å²) in [5.74, 6) is 0. The molecule has 4 rings (SSSR count). The number of hydrogen-bond acceptors (Lipinski definition) is 4. The van der Waals surface area contributed by atoms with Crippen molar-refractivity contribution in [1.82, 2.24) is 4.31 Å². The van der Waals surface area contributed by atoms with Crippen LogP contribution in [0.3, 0.4) is 0 Å². The van der Waals surface area contributed by atoms with Crippen LogP contribution in [-0.4, -0.2) is 36.5 Å². The highest BCUT2D eigenvalue weighted by Crippen LogP contribution is 2.53. The molecule has 0 unspecified atom stereocenters. The van der Waals surface area contributed by atoms with Crippen LogP contribution in [0.2, 0.25) is 0 Å². The molecule has 6 heteroatoms. The van der Waals surface area contributed by atoms with Gasteiger partial charge in [0.05, 0.1) is 23.1 Å². The maximum Gasteiger partial charge on any atom is 0.243 e. The number of aliphatic hydroxyl groups excluding tert-OH is 1. The van der Waals surface area contributed by atoms with Crippen molar-refractivity contribution in [3.05, 3.63) is 65.7 Å². The van der Waals surface area contributed by atoms with E-state index in [2.05, 4.69) is 0 Å². The second kappa shape index (κ2) is 6.75. The molecule has 3 atom stereocenters. The highest BCUT2D eigenvalue weighted by molar-refractivity contribution is 7.89. The second-order valence-electron chi connectivity index (χ2n) is 7.61. The Morgan fingerprint density at radius 2 is 1.81 bits per heavy atom. The molecule has 140 valence electrons. The molecule has 0 aromatic heterocycles. The first kappa shape index (κ1) is 18.2. The molecule has 2 aromatic rings. The molecule has 2 heterocycles. The third-order valence-corrected chi connectivity index (χ3v) is 8.04. The summed E-state index contributed by atoms with van der Waals surface area (Å²) in [5, 5.41) is 19.2. The summed E-state index contributed by atoms with van der Waals surface area (Å²) in [6, 6.07) is 17.8. The van der Waals surface area contributed by atoms with Gasteiger partial charge < -0.3 is 5.11 Å². The minimum Gasteiger partial charge on any atom is -0.396 e. The Morgan fingerprint density at radius 3 is 2.44 bits per heavy atom. The summed E-state index contributed by atoms with van der Waals surface area (Å²) in [7, 11) is -3.66. The van der Waals surface area contributed by atoms with Crippen LogP contribution in [0, 0.1) is 16.7 Å². The molecule has 2 saturated heterocycles. The quantitative estimate of drug-likeness (QED) is 0.862. The standard InChI is InChI=1S/C21H22N2O3S/c22-14-17-6-9-19(10-7-17)27(25,26)23-18-8-11-20(23)21(13-18,15-24)12-16-4-2-1-3-5-16/h1-7,9-10,18,20,24H,8,11-13,15H2/t18-,20+,21-/m0/s1. The van der Waals surface area contributed by atoms with Crippen molar-refractivity contribution in [3.8, 4) is 6.07 Å². The highest BCUT2D eigenvalue weighted by atomic mass is 32.2. The van der Waals surface area contributed by atoms with E-state index < -0.39 is 15.4 Å². The predicted octanol–water partition coefficient (Wildman–Crippen LogP) is 2.71. The summed E-state index contributed by atoms with van der Waals surface area (Å²) >= 11 is 0. The SMILES string of the molecule is N#Cc1ccc(S(=O)(=O)N2[C@H]3CC[C@@H]2[C@@](CO)(Cc2ccccc2)C3)cc1. The van der Waals surface area contributed by atoms with Crippen molar-refractivity contribution in [1.29, 1.82) is 5.26 Å². The van der Waals surface area contributed by atoms with Crippen molar-refractivity contribution < 1.29 is 13.5 Å². The monoisotopic (exact) mass is 382 g/mol. The lowest BCUT2D eigenvalue weighted by Gasteiger charge is -2.36. The smallest absolute Gasteiger partial charge is 0.243 e. The zero-order chi connectivity index (χ0) is 19.1. The van der Waals surface area contributed by atoms with Crippen LogP contribution in [0.5, 0.6) is 0 Å². The van der Waals surface area contributed by atoms with E-state index in [4.69, 9.17) is 5.26 Å². The van der Waals surface area contributed by atoms with Crippen LogP contribution in [0.25, 0.3) is 0 Å². The van der Waals surface area contributed by atoms with E-state index in [0.717, 1.165) is 18.4 Å². The van der Waals surface area contributed by atoms with E-state index >= 15 is 0 Å². The van der Waals surface area contributed by atoms with E-state index in [1.54, 1.807) is 4.31 Å². The number of aliphatic hydroxyl groups is 1. The lowest BCUT2D eigenvalue weighted by atomic mass is 9.70. The molecule has 0 amide bonds. The second-order valence-corrected chi connectivity index (χ2v) is 9.45. The Labute approximate surface area is 159 Å². The van der Waals surface area contributed by atoms with Gasteiger partial charge >= 0.3 is 0 Å². The minimum atomic E-state index is -3.66. The third-order valence-electron chi connectivity index (χ3n) is 6.06. The number of nitriles is 1. The Hall–Kier alpha value is -2.20. The first-order valence-corrected chi connectivity index (χ1v) is 10.6. The van der Waals surface area contributed by atoms with Gasteiger partial charge in [-0.2, -0.15) is 9.57 Å². The van der Waals surface area contributed by atoms with Gasteiger partial charge in [0.1, 0.15) is 0 Å². The first-order valence-electron chi connectivity index (χ1n) is 9.19. The fourth-order valence-electron chi connectivity index (χ4n) is 4.84. The Balaban J connectivity index is 1.67. The normalized spacial score (nSPS) is 27.6. The molecule has 0 aliphatic carbocycles. The molecule has 2 bridgehead atoms. The Kier molecular flexibility index (Phi) is 4.55. The number of fused-ring (bicyclic) bond motifs is 2. The average molecular weight is 382 g/mol. The summed E-state index contributed by atoms with van der Waals surface area (Å²) in [6.45, 7) is -0.0253. The van der Waals surface area contributed by atoms with Crippen LogP contribution in [0.4, 0.5) is 0 Å². The van der Waals surface area contributed by atoms with Gasteiger partial charge in [0.2, 0.25) is 10.0 Å². The van der Waals surface area contributed by atoms with Crippen molar-refractivity contribution in [2.24, 2.45) is 5.41 Å². The lowest BCUT2D eigenvalue weighted by molar-refractivity contribution is 0.0889. The fraction of sp³-hybridized carbons (Fsp3) is 0.381. The van der Waals surface area contributed by atoms with Crippen LogP contribution >= 0.6 is 0 Å². The summed E-state index contributed by atoms with van der Waals surface area (Å²) in [4.78, 5) is 0.215. The van der Waals surface area contributed by atoms with Gasteiger partial charge in [-0.15, -0.1) is 0 Å². The first-order chi connectivity index (χ1) is 13.0. The molecule has 5 nitrogen and oxygen atoms in total. The van der Waals surface area contributed by atoms with Crippen molar-refractivity contribution in [2.75, 3.05) is 6.61 Å². The zero-order valence-corrected chi connectivity index (χ0v) is 15.8. The van der Waals surface area contributed by atoms with Gasteiger partial charge in [0, 0.05) is 17.5 Å². The van der Waals surface area contributed by atoms with E-state index in [9.17, 15) is 13.5 Å². The van der Waals surface area contributed by atoms with Gasteiger partial charge in [-0.25, -0.2) is 8.42 Å². The van der Waals surface area contributed by atoms with E-state index in [0.29, 0.717) is 18.4 Å². The maximum atomic E-state index is 13.3. The van der Waals surface area contributed by atoms with Crippen LogP contribution in [-0.2, 0) is 16.4 Å². The largest absolute Gasteiger partial charge is 0.396 e. The molecule has 1 N–H and O–H groups in total. The van der Waals surface area contributed by atoms with Gasteiger partial charge in [-0.1, -0.05) is 30.3 Å². The number of nitrogens with zero attached hydrogens (tertiary/aromatic N) is 2. The predicted molar refractivity (Wildman–Crippen MR) is 101 cm³/mol. The summed E-state index contributed by atoms with van der Waals surface area (Å²) < 4.78 is 28.3. The van der Waals surface area contributed by atoms with Gasteiger partial charge in [-0.05, 0) is 55.5 Å². The van der Waals surface area contributed by atoms with Crippen molar-refractivity contribution >= 4 is 10.0 Å². The molecule has 2 aliphatic rings. The van der Waals surface area contributed by atoms with Crippen LogP contribution in [0.1, 0.15) is 30.4 Å². The summed E-state index contributed by atoms with van der Waals surface area (Å²) in [5.41, 5.74) is 1.12. The maximum absolute atomic E-state index is 13.3. The average Bonchev–Trinajstić information content (AvgIpc) is 3.26. The molecule has 0 spiro atoms. The summed E-state index contributed by atoms with van der Waals surface area (Å²) in [6.07, 6.45) is 2.95. The molecular formula is C21H22N2O3S. The topological polar surface area (TPSA) is 81.4 Å². The third kappa shape index (κ3) is 2.96. The highest BCUT2D eigenvalue weighted by Gasteiger charge is 2.59. The molecule has 27 heavy (non-hydrogen) atoms.